The second-order valence-corrected chi connectivity index (χ2v) is 7.54. The van der Waals surface area contributed by atoms with Gasteiger partial charge in [0.25, 0.3) is 0 Å². The lowest BCUT2D eigenvalue weighted by Gasteiger charge is -2.36. The minimum Gasteiger partial charge on any atom is -0.493 e. The zero-order valence-corrected chi connectivity index (χ0v) is 15.6. The molecule has 142 valence electrons. The molecule has 0 spiro atoms. The monoisotopic (exact) mass is 360 g/mol. The molecule has 2 fully saturated rings. The third-order valence-corrected chi connectivity index (χ3v) is 5.42. The molecule has 2 aliphatic rings. The molecule has 1 N–H and O–H groups in total. The summed E-state index contributed by atoms with van der Waals surface area (Å²) in [7, 11) is 0. The standard InChI is InChI=1S/C21H29FN2O2/c1-3-17-4-5-18(22)12-20(17)26-14-16-10-19(11-16)23-21(25)13-24-8-6-15(2)7-9-24/h4-5,12,16,19H,2-3,6-11,13-14H2,1H3,(H,23,25). The summed E-state index contributed by atoms with van der Waals surface area (Å²) in [6, 6.07) is 4.96. The van der Waals surface area contributed by atoms with E-state index in [1.807, 2.05) is 6.92 Å². The van der Waals surface area contributed by atoms with Crippen LogP contribution in [0, 0.1) is 11.7 Å². The Hall–Kier alpha value is -1.88. The highest BCUT2D eigenvalue weighted by molar-refractivity contribution is 5.78. The molecule has 4 nitrogen and oxygen atoms in total. The van der Waals surface area contributed by atoms with Crippen LogP contribution in [0.3, 0.4) is 0 Å². The fraction of sp³-hybridized carbons (Fsp3) is 0.571. The van der Waals surface area contributed by atoms with Crippen molar-refractivity contribution in [3.63, 3.8) is 0 Å². The molecule has 0 unspecified atom stereocenters. The molecule has 1 aromatic rings. The number of hydrogen-bond acceptors (Lipinski definition) is 3. The van der Waals surface area contributed by atoms with Crippen molar-refractivity contribution in [1.29, 1.82) is 0 Å². The van der Waals surface area contributed by atoms with E-state index >= 15 is 0 Å². The van der Waals surface area contributed by atoms with Gasteiger partial charge in [-0.05, 0) is 49.7 Å². The Morgan fingerprint density at radius 2 is 2.08 bits per heavy atom. The van der Waals surface area contributed by atoms with Gasteiger partial charge in [0.1, 0.15) is 11.6 Å². The number of likely N-dealkylation sites (tertiary alicyclic amines) is 1. The summed E-state index contributed by atoms with van der Waals surface area (Å²) in [5, 5.41) is 3.12. The maximum Gasteiger partial charge on any atom is 0.234 e. The van der Waals surface area contributed by atoms with E-state index in [1.54, 1.807) is 6.07 Å². The number of piperidine rings is 1. The Labute approximate surface area is 155 Å². The number of amides is 1. The van der Waals surface area contributed by atoms with Crippen LogP contribution in [0.15, 0.2) is 30.4 Å². The second-order valence-electron chi connectivity index (χ2n) is 7.54. The van der Waals surface area contributed by atoms with E-state index in [9.17, 15) is 9.18 Å². The third-order valence-electron chi connectivity index (χ3n) is 5.42. The normalized spacial score (nSPS) is 23.4. The minimum absolute atomic E-state index is 0.111. The van der Waals surface area contributed by atoms with Crippen molar-refractivity contribution in [2.24, 2.45) is 5.92 Å². The van der Waals surface area contributed by atoms with Crippen LogP contribution < -0.4 is 10.1 Å². The molecule has 1 saturated carbocycles. The number of rotatable bonds is 7. The second kappa shape index (κ2) is 8.67. The Morgan fingerprint density at radius 1 is 1.35 bits per heavy atom. The first-order valence-electron chi connectivity index (χ1n) is 9.63. The molecule has 3 rings (SSSR count). The largest absolute Gasteiger partial charge is 0.493 e. The van der Waals surface area contributed by atoms with Crippen molar-refractivity contribution in [3.8, 4) is 5.75 Å². The van der Waals surface area contributed by atoms with Gasteiger partial charge >= 0.3 is 0 Å². The van der Waals surface area contributed by atoms with Gasteiger partial charge in [-0.15, -0.1) is 0 Å². The zero-order chi connectivity index (χ0) is 18.5. The van der Waals surface area contributed by atoms with Crippen LogP contribution in [0.2, 0.25) is 0 Å². The minimum atomic E-state index is -0.266. The smallest absolute Gasteiger partial charge is 0.234 e. The average Bonchev–Trinajstić information content (AvgIpc) is 2.59. The molecule has 26 heavy (non-hydrogen) atoms. The van der Waals surface area contributed by atoms with Gasteiger partial charge in [0, 0.05) is 25.2 Å². The molecule has 0 aromatic heterocycles. The molecular formula is C21H29FN2O2. The van der Waals surface area contributed by atoms with Crippen LogP contribution in [0.25, 0.3) is 0 Å². The SMILES string of the molecule is C=C1CCN(CC(=O)NC2CC(COc3cc(F)ccc3CC)C2)CC1. The molecule has 5 heteroatoms. The lowest BCUT2D eigenvalue weighted by atomic mass is 9.81. The Balaban J connectivity index is 1.35. The summed E-state index contributed by atoms with van der Waals surface area (Å²) in [6.07, 6.45) is 4.67. The van der Waals surface area contributed by atoms with Crippen molar-refractivity contribution in [2.45, 2.75) is 45.1 Å². The lowest BCUT2D eigenvalue weighted by Crippen LogP contribution is -2.49. The topological polar surface area (TPSA) is 41.6 Å². The Kier molecular flexibility index (Phi) is 6.30. The molecule has 1 aliphatic heterocycles. The predicted molar refractivity (Wildman–Crippen MR) is 101 cm³/mol. The van der Waals surface area contributed by atoms with Crippen LogP contribution in [-0.4, -0.2) is 43.1 Å². The van der Waals surface area contributed by atoms with E-state index in [1.165, 1.54) is 17.7 Å². The average molecular weight is 360 g/mol. The van der Waals surface area contributed by atoms with E-state index in [4.69, 9.17) is 4.74 Å². The summed E-state index contributed by atoms with van der Waals surface area (Å²) in [6.45, 7) is 8.96. The van der Waals surface area contributed by atoms with Crippen molar-refractivity contribution in [3.05, 3.63) is 41.7 Å². The maximum absolute atomic E-state index is 13.4. The van der Waals surface area contributed by atoms with Gasteiger partial charge in [-0.25, -0.2) is 4.39 Å². The maximum atomic E-state index is 13.4. The highest BCUT2D eigenvalue weighted by Gasteiger charge is 2.31. The number of aryl methyl sites for hydroxylation is 1. The van der Waals surface area contributed by atoms with E-state index in [2.05, 4.69) is 16.8 Å². The van der Waals surface area contributed by atoms with Crippen LogP contribution in [-0.2, 0) is 11.2 Å². The first-order valence-corrected chi connectivity index (χ1v) is 9.63. The van der Waals surface area contributed by atoms with E-state index in [0.717, 1.165) is 50.8 Å². The Morgan fingerprint density at radius 3 is 2.77 bits per heavy atom. The van der Waals surface area contributed by atoms with Gasteiger partial charge < -0.3 is 10.1 Å². The fourth-order valence-corrected chi connectivity index (χ4v) is 3.66. The number of hydrogen-bond donors (Lipinski definition) is 1. The molecule has 1 amide bonds. The van der Waals surface area contributed by atoms with Crippen molar-refractivity contribution in [1.82, 2.24) is 10.2 Å². The number of benzene rings is 1. The van der Waals surface area contributed by atoms with E-state index < -0.39 is 0 Å². The molecule has 1 aliphatic carbocycles. The number of ether oxygens (including phenoxy) is 1. The van der Waals surface area contributed by atoms with Gasteiger partial charge in [-0.3, -0.25) is 9.69 Å². The van der Waals surface area contributed by atoms with Crippen molar-refractivity contribution in [2.75, 3.05) is 26.2 Å². The van der Waals surface area contributed by atoms with E-state index in [0.29, 0.717) is 24.8 Å². The fourth-order valence-electron chi connectivity index (χ4n) is 3.66. The quantitative estimate of drug-likeness (QED) is 0.759. The van der Waals surface area contributed by atoms with Gasteiger partial charge in [0.2, 0.25) is 5.91 Å². The highest BCUT2D eigenvalue weighted by atomic mass is 19.1. The highest BCUT2D eigenvalue weighted by Crippen LogP contribution is 2.29. The third kappa shape index (κ3) is 5.07. The van der Waals surface area contributed by atoms with Gasteiger partial charge in [0.15, 0.2) is 0 Å². The zero-order valence-electron chi connectivity index (χ0n) is 15.6. The van der Waals surface area contributed by atoms with Crippen molar-refractivity contribution < 1.29 is 13.9 Å². The first-order chi connectivity index (χ1) is 12.5. The number of carbonyl (C=O) groups excluding carboxylic acids is 1. The van der Waals surface area contributed by atoms with Crippen LogP contribution in [0.5, 0.6) is 5.75 Å². The Bertz CT molecular complexity index is 645. The van der Waals surface area contributed by atoms with Crippen LogP contribution in [0.1, 0.15) is 38.2 Å². The molecule has 1 aromatic carbocycles. The summed E-state index contributed by atoms with van der Waals surface area (Å²) < 4.78 is 19.2. The van der Waals surface area contributed by atoms with Gasteiger partial charge in [-0.1, -0.05) is 25.1 Å². The summed E-state index contributed by atoms with van der Waals surface area (Å²) >= 11 is 0. The summed E-state index contributed by atoms with van der Waals surface area (Å²) in [5.41, 5.74) is 2.31. The predicted octanol–water partition coefficient (Wildman–Crippen LogP) is 3.31. The number of nitrogens with one attached hydrogen (secondary N) is 1. The first kappa shape index (κ1) is 18.9. The number of carbonyl (C=O) groups is 1. The molecule has 0 atom stereocenters. The van der Waals surface area contributed by atoms with Gasteiger partial charge in [0.05, 0.1) is 13.2 Å². The molecule has 0 radical (unpaired) electrons. The summed E-state index contributed by atoms with van der Waals surface area (Å²) in [5.74, 6) is 0.913. The number of halogens is 1. The van der Waals surface area contributed by atoms with E-state index in [-0.39, 0.29) is 17.8 Å². The van der Waals surface area contributed by atoms with Crippen molar-refractivity contribution >= 4 is 5.91 Å². The molecule has 0 bridgehead atoms. The van der Waals surface area contributed by atoms with Crippen LogP contribution in [0.4, 0.5) is 4.39 Å². The van der Waals surface area contributed by atoms with Gasteiger partial charge in [-0.2, -0.15) is 0 Å². The molecule has 1 saturated heterocycles. The molecule has 1 heterocycles. The summed E-state index contributed by atoms with van der Waals surface area (Å²) in [4.78, 5) is 14.3. The van der Waals surface area contributed by atoms with Crippen LogP contribution >= 0.6 is 0 Å². The lowest BCUT2D eigenvalue weighted by molar-refractivity contribution is -0.124. The number of nitrogens with zero attached hydrogens (tertiary/aromatic N) is 1. The molecular weight excluding hydrogens is 331 g/mol.